The fourth-order valence-electron chi connectivity index (χ4n) is 1.61. The van der Waals surface area contributed by atoms with Crippen LogP contribution in [0, 0.1) is 0 Å². The van der Waals surface area contributed by atoms with Crippen LogP contribution in [0.1, 0.15) is 13.3 Å². The maximum atomic E-state index is 12.5. The number of ether oxygens (including phenoxy) is 1. The van der Waals surface area contributed by atoms with Crippen molar-refractivity contribution in [3.8, 4) is 0 Å². The summed E-state index contributed by atoms with van der Waals surface area (Å²) in [6.07, 6.45) is 0.558. The first-order chi connectivity index (χ1) is 9.32. The Balaban J connectivity index is 3.18. The number of nitrogens with zero attached hydrogens (tertiary/aromatic N) is 1. The van der Waals surface area contributed by atoms with Gasteiger partial charge in [-0.1, -0.05) is 18.5 Å². The second-order valence-corrected chi connectivity index (χ2v) is 6.42. The van der Waals surface area contributed by atoms with Crippen LogP contribution in [0.2, 0.25) is 5.02 Å². The molecule has 0 aliphatic heterocycles. The van der Waals surface area contributed by atoms with Crippen LogP contribution in [0.3, 0.4) is 0 Å². The quantitative estimate of drug-likeness (QED) is 0.633. The highest BCUT2D eigenvalue weighted by atomic mass is 35.5. The van der Waals surface area contributed by atoms with E-state index < -0.39 is 16.0 Å². The monoisotopic (exact) mass is 320 g/mol. The molecule has 0 aliphatic rings. The first kappa shape index (κ1) is 16.7. The zero-order valence-corrected chi connectivity index (χ0v) is 12.9. The zero-order valence-electron chi connectivity index (χ0n) is 11.3. The Bertz CT molecular complexity index is 589. The van der Waals surface area contributed by atoms with Gasteiger partial charge in [0, 0.05) is 12.2 Å². The molecule has 0 aromatic heterocycles. The number of hydrogen-bond donors (Lipinski definition) is 1. The number of nitrogens with two attached hydrogens (primary N) is 1. The Hall–Kier alpha value is -1.31. The van der Waals surface area contributed by atoms with Gasteiger partial charge in [0.15, 0.2) is 0 Å². The number of rotatable bonds is 6. The van der Waals surface area contributed by atoms with E-state index in [-0.39, 0.29) is 23.0 Å². The van der Waals surface area contributed by atoms with E-state index in [4.69, 9.17) is 17.3 Å². The topological polar surface area (TPSA) is 89.7 Å². The predicted octanol–water partition coefficient (Wildman–Crippen LogP) is 1.50. The van der Waals surface area contributed by atoms with Crippen LogP contribution in [0.5, 0.6) is 0 Å². The second kappa shape index (κ2) is 6.92. The molecule has 20 heavy (non-hydrogen) atoms. The van der Waals surface area contributed by atoms with Gasteiger partial charge in [0.05, 0.1) is 12.1 Å². The third-order valence-corrected chi connectivity index (χ3v) is 4.91. The molecule has 0 bridgehead atoms. The number of hydrogen-bond acceptors (Lipinski definition) is 5. The van der Waals surface area contributed by atoms with Gasteiger partial charge in [0.1, 0.15) is 11.4 Å². The maximum absolute atomic E-state index is 12.5. The minimum Gasteiger partial charge on any atom is -0.468 e. The number of esters is 1. The molecule has 0 fully saturated rings. The van der Waals surface area contributed by atoms with Gasteiger partial charge in [-0.15, -0.1) is 0 Å². The van der Waals surface area contributed by atoms with Crippen molar-refractivity contribution in [1.82, 2.24) is 4.31 Å². The van der Waals surface area contributed by atoms with Gasteiger partial charge >= 0.3 is 5.97 Å². The van der Waals surface area contributed by atoms with Gasteiger partial charge in [-0.2, -0.15) is 4.31 Å². The molecule has 2 N–H and O–H groups in total. The summed E-state index contributed by atoms with van der Waals surface area (Å²) in [7, 11) is -2.67. The van der Waals surface area contributed by atoms with E-state index in [1.165, 1.54) is 25.3 Å². The van der Waals surface area contributed by atoms with Crippen LogP contribution in [0.25, 0.3) is 0 Å². The van der Waals surface area contributed by atoms with Gasteiger partial charge in [0.25, 0.3) is 0 Å². The molecular formula is C12H17ClN2O4S. The van der Waals surface area contributed by atoms with E-state index in [1.807, 2.05) is 6.92 Å². The molecule has 0 saturated heterocycles. The number of nitrogen functional groups attached to an aromatic ring is 1. The molecule has 8 heteroatoms. The number of carbonyl (C=O) groups excluding carboxylic acids is 1. The molecule has 1 rings (SSSR count). The summed E-state index contributed by atoms with van der Waals surface area (Å²) < 4.78 is 30.5. The molecule has 0 heterocycles. The van der Waals surface area contributed by atoms with E-state index >= 15 is 0 Å². The van der Waals surface area contributed by atoms with Gasteiger partial charge in [-0.05, 0) is 24.6 Å². The summed E-state index contributed by atoms with van der Waals surface area (Å²) in [5.41, 5.74) is 5.91. The molecule has 0 radical (unpaired) electrons. The van der Waals surface area contributed by atoms with E-state index in [9.17, 15) is 13.2 Å². The standard InChI is InChI=1S/C12H17ClN2O4S/c1-3-6-15(8-12(16)19-2)20(17,18)11-5-4-9(14)7-10(11)13/h4-5,7H,3,6,8,14H2,1-2H3. The first-order valence-corrected chi connectivity index (χ1v) is 7.76. The van der Waals surface area contributed by atoms with Crippen LogP contribution in [0.4, 0.5) is 5.69 Å². The van der Waals surface area contributed by atoms with E-state index in [0.717, 1.165) is 4.31 Å². The van der Waals surface area contributed by atoms with Crippen LogP contribution in [-0.4, -0.2) is 38.9 Å². The summed E-state index contributed by atoms with van der Waals surface area (Å²) in [6, 6.07) is 4.13. The predicted molar refractivity (Wildman–Crippen MR) is 76.9 cm³/mol. The van der Waals surface area contributed by atoms with Crippen LogP contribution in [0.15, 0.2) is 23.1 Å². The fraction of sp³-hybridized carbons (Fsp3) is 0.417. The number of anilines is 1. The van der Waals surface area contributed by atoms with Crippen molar-refractivity contribution in [2.45, 2.75) is 18.2 Å². The summed E-state index contributed by atoms with van der Waals surface area (Å²) >= 11 is 5.93. The highest BCUT2D eigenvalue weighted by Crippen LogP contribution is 2.26. The minimum absolute atomic E-state index is 0.0240. The van der Waals surface area contributed by atoms with E-state index in [1.54, 1.807) is 0 Å². The number of methoxy groups -OCH3 is 1. The molecule has 0 aliphatic carbocycles. The Morgan fingerprint density at radius 3 is 2.60 bits per heavy atom. The number of halogens is 1. The average molecular weight is 321 g/mol. The molecule has 0 atom stereocenters. The molecule has 0 amide bonds. The Kier molecular flexibility index (Phi) is 5.79. The molecular weight excluding hydrogens is 304 g/mol. The summed E-state index contributed by atoms with van der Waals surface area (Å²) in [5.74, 6) is -0.631. The van der Waals surface area contributed by atoms with Crippen molar-refractivity contribution in [3.05, 3.63) is 23.2 Å². The zero-order chi connectivity index (χ0) is 15.3. The minimum atomic E-state index is -3.87. The third-order valence-electron chi connectivity index (χ3n) is 2.58. The second-order valence-electron chi connectivity index (χ2n) is 4.10. The van der Waals surface area contributed by atoms with Crippen LogP contribution < -0.4 is 5.73 Å². The molecule has 6 nitrogen and oxygen atoms in total. The Labute approximate surface area is 123 Å². The van der Waals surface area contributed by atoms with Crippen molar-refractivity contribution in [2.24, 2.45) is 0 Å². The van der Waals surface area contributed by atoms with Crippen molar-refractivity contribution in [3.63, 3.8) is 0 Å². The lowest BCUT2D eigenvalue weighted by Crippen LogP contribution is -2.36. The summed E-state index contributed by atoms with van der Waals surface area (Å²) in [6.45, 7) is 1.65. The molecule has 0 unspecified atom stereocenters. The third kappa shape index (κ3) is 3.84. The van der Waals surface area contributed by atoms with Crippen molar-refractivity contribution < 1.29 is 17.9 Å². The van der Waals surface area contributed by atoms with Gasteiger partial charge < -0.3 is 10.5 Å². The van der Waals surface area contributed by atoms with Gasteiger partial charge in [0.2, 0.25) is 10.0 Å². The lowest BCUT2D eigenvalue weighted by atomic mass is 10.3. The van der Waals surface area contributed by atoms with E-state index in [0.29, 0.717) is 12.1 Å². The average Bonchev–Trinajstić information content (AvgIpc) is 2.37. The fourth-order valence-corrected chi connectivity index (χ4v) is 3.61. The molecule has 0 saturated carbocycles. The van der Waals surface area contributed by atoms with E-state index in [2.05, 4.69) is 4.74 Å². The number of sulfonamides is 1. The molecule has 112 valence electrons. The van der Waals surface area contributed by atoms with Crippen molar-refractivity contribution >= 4 is 33.3 Å². The maximum Gasteiger partial charge on any atom is 0.321 e. The van der Waals surface area contributed by atoms with Crippen LogP contribution in [-0.2, 0) is 19.6 Å². The smallest absolute Gasteiger partial charge is 0.321 e. The Morgan fingerprint density at radius 2 is 2.10 bits per heavy atom. The first-order valence-electron chi connectivity index (χ1n) is 5.95. The summed E-state index contributed by atoms with van der Waals surface area (Å²) in [5, 5.41) is 0.0240. The number of benzene rings is 1. The lowest BCUT2D eigenvalue weighted by Gasteiger charge is -2.21. The lowest BCUT2D eigenvalue weighted by molar-refractivity contribution is -0.140. The summed E-state index contributed by atoms with van der Waals surface area (Å²) in [4.78, 5) is 11.3. The SMILES string of the molecule is CCCN(CC(=O)OC)S(=O)(=O)c1ccc(N)cc1Cl. The number of carbonyl (C=O) groups is 1. The van der Waals surface area contributed by atoms with Gasteiger partial charge in [-0.3, -0.25) is 4.79 Å². The van der Waals surface area contributed by atoms with Crippen molar-refractivity contribution in [1.29, 1.82) is 0 Å². The molecule has 1 aromatic carbocycles. The molecule has 0 spiro atoms. The normalized spacial score (nSPS) is 11.6. The largest absolute Gasteiger partial charge is 0.468 e. The Morgan fingerprint density at radius 1 is 1.45 bits per heavy atom. The highest BCUT2D eigenvalue weighted by molar-refractivity contribution is 7.89. The van der Waals surface area contributed by atoms with Gasteiger partial charge in [-0.25, -0.2) is 8.42 Å². The molecule has 1 aromatic rings. The van der Waals surface area contributed by atoms with Crippen LogP contribution >= 0.6 is 11.6 Å². The van der Waals surface area contributed by atoms with Crippen molar-refractivity contribution in [2.75, 3.05) is 25.9 Å². The highest BCUT2D eigenvalue weighted by Gasteiger charge is 2.28.